The number of carboxylic acids is 1. The van der Waals surface area contributed by atoms with E-state index in [0.29, 0.717) is 18.8 Å². The van der Waals surface area contributed by atoms with Gasteiger partial charge in [-0.15, -0.1) is 0 Å². The number of aliphatic carboxylic acids is 1. The lowest BCUT2D eigenvalue weighted by atomic mass is 9.71. The number of fused-ring (bicyclic) bond motifs is 4. The third-order valence-electron chi connectivity index (χ3n) is 9.22. The van der Waals surface area contributed by atoms with Crippen LogP contribution in [-0.4, -0.2) is 47.9 Å². The first-order valence-corrected chi connectivity index (χ1v) is 14.7. The molecular weight excluding hydrogens is 532 g/mol. The van der Waals surface area contributed by atoms with Gasteiger partial charge >= 0.3 is 12.1 Å². The standard InChI is InChI=1S/C34H36N2O6/c1-20(41-18-21-9-3-2-4-10-21)31(32(37)35-30-17-22-15-23(33(38)39)16-28(22)30)36-34(40)42-19-29-26-13-7-5-11-24(26)25-12-6-8-14-27(25)29/h2-14,20,22-23,28-31H,15-19H2,1H3,(H,35,37)(H,36,40)(H,38,39)/t20?,22-,23?,28-,30+,31?/m0/s1. The zero-order valence-corrected chi connectivity index (χ0v) is 23.6. The lowest BCUT2D eigenvalue weighted by Gasteiger charge is -2.41. The third-order valence-corrected chi connectivity index (χ3v) is 9.22. The van der Waals surface area contributed by atoms with Crippen LogP contribution < -0.4 is 10.6 Å². The lowest BCUT2D eigenvalue weighted by Crippen LogP contribution is -2.59. The monoisotopic (exact) mass is 568 g/mol. The molecule has 2 amide bonds. The molecule has 3 aliphatic carbocycles. The van der Waals surface area contributed by atoms with Crippen molar-refractivity contribution >= 4 is 18.0 Å². The van der Waals surface area contributed by atoms with Crippen LogP contribution in [0.5, 0.6) is 0 Å². The quantitative estimate of drug-likeness (QED) is 0.313. The number of carbonyl (C=O) groups excluding carboxylic acids is 2. The van der Waals surface area contributed by atoms with E-state index in [1.807, 2.05) is 54.6 Å². The maximum atomic E-state index is 13.5. The summed E-state index contributed by atoms with van der Waals surface area (Å²) in [5.41, 5.74) is 5.45. The van der Waals surface area contributed by atoms with Crippen LogP contribution in [0.15, 0.2) is 78.9 Å². The number of carbonyl (C=O) groups is 3. The first-order chi connectivity index (χ1) is 20.4. The smallest absolute Gasteiger partial charge is 0.407 e. The predicted molar refractivity (Wildman–Crippen MR) is 157 cm³/mol. The highest BCUT2D eigenvalue weighted by Crippen LogP contribution is 2.50. The first-order valence-electron chi connectivity index (χ1n) is 14.7. The average Bonchev–Trinajstić information content (AvgIpc) is 3.51. The van der Waals surface area contributed by atoms with Gasteiger partial charge < -0.3 is 25.2 Å². The minimum atomic E-state index is -0.986. The second-order valence-corrected chi connectivity index (χ2v) is 11.7. The van der Waals surface area contributed by atoms with Crippen LogP contribution in [-0.2, 0) is 25.7 Å². The molecule has 8 heteroatoms. The minimum Gasteiger partial charge on any atom is -0.481 e. The van der Waals surface area contributed by atoms with Crippen molar-refractivity contribution in [2.75, 3.05) is 6.61 Å². The van der Waals surface area contributed by atoms with E-state index in [-0.39, 0.29) is 42.9 Å². The Labute approximate surface area is 245 Å². The molecule has 0 heterocycles. The number of alkyl carbamates (subject to hydrolysis) is 1. The van der Waals surface area contributed by atoms with Gasteiger partial charge in [0, 0.05) is 12.0 Å². The van der Waals surface area contributed by atoms with E-state index in [1.165, 1.54) is 0 Å². The number of hydrogen-bond donors (Lipinski definition) is 3. The van der Waals surface area contributed by atoms with Crippen molar-refractivity contribution in [3.63, 3.8) is 0 Å². The van der Waals surface area contributed by atoms with Crippen LogP contribution in [0.4, 0.5) is 4.79 Å². The fourth-order valence-electron chi connectivity index (χ4n) is 6.93. The van der Waals surface area contributed by atoms with E-state index in [1.54, 1.807) is 6.92 Å². The van der Waals surface area contributed by atoms with Gasteiger partial charge in [-0.1, -0.05) is 78.9 Å². The summed E-state index contributed by atoms with van der Waals surface area (Å²) in [5, 5.41) is 15.3. The number of nitrogens with one attached hydrogen (secondary N) is 2. The normalized spacial score (nSPS) is 23.5. The molecule has 0 radical (unpaired) electrons. The molecule has 2 fully saturated rings. The molecule has 3 aromatic carbocycles. The Hall–Kier alpha value is -4.17. The molecule has 8 nitrogen and oxygen atoms in total. The van der Waals surface area contributed by atoms with E-state index < -0.39 is 24.2 Å². The van der Waals surface area contributed by atoms with Crippen LogP contribution in [0.25, 0.3) is 11.1 Å². The van der Waals surface area contributed by atoms with Crippen molar-refractivity contribution in [2.45, 2.75) is 56.9 Å². The summed E-state index contributed by atoms with van der Waals surface area (Å²) in [7, 11) is 0. The summed E-state index contributed by atoms with van der Waals surface area (Å²) >= 11 is 0. The molecule has 0 aliphatic heterocycles. The third kappa shape index (κ3) is 5.63. The topological polar surface area (TPSA) is 114 Å². The number of amides is 2. The molecule has 0 aromatic heterocycles. The Morgan fingerprint density at radius 2 is 1.52 bits per heavy atom. The molecule has 0 spiro atoms. The number of benzene rings is 3. The predicted octanol–water partition coefficient (Wildman–Crippen LogP) is 5.11. The van der Waals surface area contributed by atoms with Crippen LogP contribution in [0.3, 0.4) is 0 Å². The minimum absolute atomic E-state index is 0.0985. The van der Waals surface area contributed by atoms with Gasteiger partial charge in [0.25, 0.3) is 0 Å². The Morgan fingerprint density at radius 3 is 2.19 bits per heavy atom. The molecule has 0 bridgehead atoms. The van der Waals surface area contributed by atoms with Crippen molar-refractivity contribution in [3.8, 4) is 11.1 Å². The van der Waals surface area contributed by atoms with Gasteiger partial charge in [0.05, 0.1) is 18.6 Å². The Bertz CT molecular complexity index is 1410. The number of ether oxygens (including phenoxy) is 2. The van der Waals surface area contributed by atoms with Gasteiger partial charge in [0.15, 0.2) is 0 Å². The summed E-state index contributed by atoms with van der Waals surface area (Å²) in [6.45, 7) is 2.18. The van der Waals surface area contributed by atoms with E-state index in [4.69, 9.17) is 9.47 Å². The van der Waals surface area contributed by atoms with Gasteiger partial charge in [-0.2, -0.15) is 0 Å². The zero-order chi connectivity index (χ0) is 29.2. The fourth-order valence-corrected chi connectivity index (χ4v) is 6.93. The van der Waals surface area contributed by atoms with Crippen LogP contribution in [0, 0.1) is 17.8 Å². The summed E-state index contributed by atoms with van der Waals surface area (Å²) in [6.07, 6.45) is 0.638. The van der Waals surface area contributed by atoms with Gasteiger partial charge in [-0.3, -0.25) is 9.59 Å². The van der Waals surface area contributed by atoms with Crippen LogP contribution >= 0.6 is 0 Å². The summed E-state index contributed by atoms with van der Waals surface area (Å²) in [6, 6.07) is 24.8. The molecule has 3 aliphatic rings. The van der Waals surface area contributed by atoms with Crippen molar-refractivity contribution in [1.29, 1.82) is 0 Å². The largest absolute Gasteiger partial charge is 0.481 e. The molecule has 3 unspecified atom stereocenters. The van der Waals surface area contributed by atoms with Crippen molar-refractivity contribution in [1.82, 2.24) is 10.6 Å². The van der Waals surface area contributed by atoms with Gasteiger partial charge in [-0.05, 0) is 65.8 Å². The van der Waals surface area contributed by atoms with Gasteiger partial charge in [0.2, 0.25) is 5.91 Å². The van der Waals surface area contributed by atoms with Gasteiger partial charge in [-0.25, -0.2) is 4.79 Å². The van der Waals surface area contributed by atoms with Crippen molar-refractivity contribution in [3.05, 3.63) is 95.6 Å². The Morgan fingerprint density at radius 1 is 0.881 bits per heavy atom. The first kappa shape index (κ1) is 28.0. The average molecular weight is 569 g/mol. The van der Waals surface area contributed by atoms with Crippen molar-refractivity contribution < 1.29 is 29.0 Å². The number of rotatable bonds is 10. The Kier molecular flexibility index (Phi) is 7.98. The molecule has 2 saturated carbocycles. The molecule has 0 saturated heterocycles. The number of hydrogen-bond acceptors (Lipinski definition) is 5. The van der Waals surface area contributed by atoms with Gasteiger partial charge in [0.1, 0.15) is 12.6 Å². The van der Waals surface area contributed by atoms with E-state index in [2.05, 4.69) is 34.9 Å². The highest BCUT2D eigenvalue weighted by atomic mass is 16.5. The molecule has 3 N–H and O–H groups in total. The highest BCUT2D eigenvalue weighted by Gasteiger charge is 2.50. The highest BCUT2D eigenvalue weighted by molar-refractivity contribution is 5.86. The second kappa shape index (κ2) is 12.0. The molecule has 218 valence electrons. The molecule has 42 heavy (non-hydrogen) atoms. The van der Waals surface area contributed by atoms with E-state index in [9.17, 15) is 19.5 Å². The maximum Gasteiger partial charge on any atom is 0.407 e. The van der Waals surface area contributed by atoms with Crippen LogP contribution in [0.1, 0.15) is 48.8 Å². The molecule has 3 aromatic rings. The molecule has 6 rings (SSSR count). The second-order valence-electron chi connectivity index (χ2n) is 11.7. The molecule has 6 atom stereocenters. The summed E-state index contributed by atoms with van der Waals surface area (Å²) in [4.78, 5) is 38.2. The molecular formula is C34H36N2O6. The SMILES string of the molecule is CC(OCc1ccccc1)C(NC(=O)OCC1c2ccccc2-c2ccccc21)C(=O)N[C@@H]1C[C@@H]2CC(C(=O)O)C[C@@H]21. The summed E-state index contributed by atoms with van der Waals surface area (Å²) < 4.78 is 11.8. The maximum absolute atomic E-state index is 13.5. The van der Waals surface area contributed by atoms with E-state index >= 15 is 0 Å². The Balaban J connectivity index is 1.12. The number of carboxylic acid groups (broad SMARTS) is 1. The fraction of sp³-hybridized carbons (Fsp3) is 0.382. The van der Waals surface area contributed by atoms with Crippen molar-refractivity contribution in [2.24, 2.45) is 17.8 Å². The van der Waals surface area contributed by atoms with E-state index in [0.717, 1.165) is 34.2 Å². The zero-order valence-electron chi connectivity index (χ0n) is 23.6. The van der Waals surface area contributed by atoms with Crippen LogP contribution in [0.2, 0.25) is 0 Å². The summed E-state index contributed by atoms with van der Waals surface area (Å²) in [5.74, 6) is -1.12. The lowest BCUT2D eigenvalue weighted by molar-refractivity contribution is -0.141.